The predicted octanol–water partition coefficient (Wildman–Crippen LogP) is 3.72. The highest BCUT2D eigenvalue weighted by Gasteiger charge is 2.25. The van der Waals surface area contributed by atoms with Crippen LogP contribution in [0.25, 0.3) is 16.6 Å². The molecule has 3 aromatic heterocycles. The summed E-state index contributed by atoms with van der Waals surface area (Å²) in [4.78, 5) is 29.2. The van der Waals surface area contributed by atoms with Crippen LogP contribution in [0.1, 0.15) is 42.7 Å². The standard InChI is InChI=1S/C28H32FN7O3/c1-16-11-35(12-17(2)31-16)24-7-6-21(25-22(24)10-30-28(34-25)39-15-20-5-4-8-38-20)27(37)33-19-9-23(29)26-32-18(3)13-36(26)14-19/h6-7,9-10,13-14,16-17,20,31H,4-5,8,11-12,15H2,1-3H3,(H,33,37). The molecule has 2 aliphatic rings. The van der Waals surface area contributed by atoms with Crippen LogP contribution in [-0.2, 0) is 4.74 Å². The normalized spacial score (nSPS) is 21.5. The number of pyridine rings is 1. The number of aromatic nitrogens is 4. The van der Waals surface area contributed by atoms with Crippen molar-refractivity contribution in [1.82, 2.24) is 24.7 Å². The lowest BCUT2D eigenvalue weighted by Crippen LogP contribution is -2.54. The van der Waals surface area contributed by atoms with Crippen LogP contribution in [0, 0.1) is 12.7 Å². The average molecular weight is 534 g/mol. The van der Waals surface area contributed by atoms with Gasteiger partial charge in [0.25, 0.3) is 5.91 Å². The van der Waals surface area contributed by atoms with Crippen LogP contribution in [0.3, 0.4) is 0 Å². The van der Waals surface area contributed by atoms with E-state index in [0.29, 0.717) is 41.2 Å². The molecular formula is C28H32FN7O3. The molecule has 2 N–H and O–H groups in total. The maximum Gasteiger partial charge on any atom is 0.317 e. The van der Waals surface area contributed by atoms with Crippen LogP contribution in [-0.4, -0.2) is 69.8 Å². The van der Waals surface area contributed by atoms with E-state index in [1.54, 1.807) is 36.0 Å². The molecule has 3 atom stereocenters. The van der Waals surface area contributed by atoms with Gasteiger partial charge in [-0.3, -0.25) is 4.79 Å². The van der Waals surface area contributed by atoms with Gasteiger partial charge in [0, 0.05) is 67.5 Å². The summed E-state index contributed by atoms with van der Waals surface area (Å²) in [5.41, 5.74) is 2.98. The van der Waals surface area contributed by atoms with Crippen LogP contribution >= 0.6 is 0 Å². The Balaban J connectivity index is 1.36. The molecular weight excluding hydrogens is 501 g/mol. The number of hydrogen-bond donors (Lipinski definition) is 2. The Morgan fingerprint density at radius 2 is 2.05 bits per heavy atom. The minimum Gasteiger partial charge on any atom is -0.461 e. The number of carbonyl (C=O) groups excluding carboxylic acids is 1. The molecule has 2 fully saturated rings. The van der Waals surface area contributed by atoms with E-state index in [1.807, 2.05) is 6.07 Å². The molecule has 2 saturated heterocycles. The number of imidazole rings is 1. The summed E-state index contributed by atoms with van der Waals surface area (Å²) in [5, 5.41) is 7.13. The number of amides is 1. The lowest BCUT2D eigenvalue weighted by molar-refractivity contribution is 0.0646. The van der Waals surface area contributed by atoms with Crippen LogP contribution in [0.15, 0.2) is 36.8 Å². The molecule has 1 aromatic carbocycles. The van der Waals surface area contributed by atoms with E-state index in [0.717, 1.165) is 43.6 Å². The first-order valence-electron chi connectivity index (χ1n) is 13.4. The van der Waals surface area contributed by atoms with Gasteiger partial charge in [0.2, 0.25) is 0 Å². The van der Waals surface area contributed by atoms with Crippen molar-refractivity contribution in [2.75, 3.05) is 36.5 Å². The first-order chi connectivity index (χ1) is 18.8. The second-order valence-electron chi connectivity index (χ2n) is 10.5. The summed E-state index contributed by atoms with van der Waals surface area (Å²) in [7, 11) is 0. The van der Waals surface area contributed by atoms with Crippen molar-refractivity contribution < 1.29 is 18.7 Å². The number of benzene rings is 1. The number of hydrogen-bond acceptors (Lipinski definition) is 8. The van der Waals surface area contributed by atoms with Crippen LogP contribution in [0.5, 0.6) is 6.01 Å². The third-order valence-electron chi connectivity index (χ3n) is 7.16. The minimum absolute atomic E-state index is 0.0128. The Labute approximate surface area is 225 Å². The van der Waals surface area contributed by atoms with E-state index < -0.39 is 11.7 Å². The molecule has 0 saturated carbocycles. The monoisotopic (exact) mass is 533 g/mol. The Hall–Kier alpha value is -3.83. The van der Waals surface area contributed by atoms with Gasteiger partial charge < -0.3 is 29.4 Å². The molecule has 11 heteroatoms. The minimum atomic E-state index is -0.518. The average Bonchev–Trinajstić information content (AvgIpc) is 3.55. The molecule has 2 aliphatic heterocycles. The maximum atomic E-state index is 14.7. The summed E-state index contributed by atoms with van der Waals surface area (Å²) in [6.45, 7) is 8.79. The third-order valence-corrected chi connectivity index (χ3v) is 7.16. The van der Waals surface area contributed by atoms with E-state index in [1.165, 1.54) is 6.07 Å². The number of nitrogens with zero attached hydrogens (tertiary/aromatic N) is 5. The highest BCUT2D eigenvalue weighted by atomic mass is 19.1. The summed E-state index contributed by atoms with van der Waals surface area (Å²) in [5.74, 6) is -0.928. The lowest BCUT2D eigenvalue weighted by Gasteiger charge is -2.38. The number of ether oxygens (including phenoxy) is 2. The van der Waals surface area contributed by atoms with Gasteiger partial charge >= 0.3 is 6.01 Å². The second-order valence-corrected chi connectivity index (χ2v) is 10.5. The fourth-order valence-corrected chi connectivity index (χ4v) is 5.53. The smallest absolute Gasteiger partial charge is 0.317 e. The molecule has 0 radical (unpaired) electrons. The Kier molecular flexibility index (Phi) is 6.78. The zero-order chi connectivity index (χ0) is 27.1. The Bertz CT molecular complexity index is 1520. The first-order valence-corrected chi connectivity index (χ1v) is 13.4. The molecule has 6 rings (SSSR count). The van der Waals surface area contributed by atoms with Crippen LogP contribution in [0.2, 0.25) is 0 Å². The second kappa shape index (κ2) is 10.4. The first kappa shape index (κ1) is 25.4. The fraction of sp³-hybridized carbons (Fsp3) is 0.429. The number of aryl methyl sites for hydroxylation is 1. The Morgan fingerprint density at radius 3 is 2.82 bits per heavy atom. The van der Waals surface area contributed by atoms with Crippen LogP contribution in [0.4, 0.5) is 15.8 Å². The number of nitrogens with one attached hydrogen (secondary N) is 2. The number of halogens is 1. The lowest BCUT2D eigenvalue weighted by atomic mass is 10.0. The van der Waals surface area contributed by atoms with Crippen LogP contribution < -0.4 is 20.3 Å². The Morgan fingerprint density at radius 1 is 1.23 bits per heavy atom. The molecule has 4 aromatic rings. The van der Waals surface area contributed by atoms with E-state index in [-0.39, 0.29) is 17.8 Å². The summed E-state index contributed by atoms with van der Waals surface area (Å²) in [6, 6.07) is 5.76. The number of rotatable bonds is 6. The number of carbonyl (C=O) groups is 1. The largest absolute Gasteiger partial charge is 0.461 e. The van der Waals surface area contributed by atoms with Crippen molar-refractivity contribution in [3.63, 3.8) is 0 Å². The summed E-state index contributed by atoms with van der Waals surface area (Å²) < 4.78 is 27.8. The molecule has 3 unspecified atom stereocenters. The van der Waals surface area contributed by atoms with E-state index in [2.05, 4.69) is 44.3 Å². The van der Waals surface area contributed by atoms with E-state index in [9.17, 15) is 9.18 Å². The maximum absolute atomic E-state index is 14.7. The molecule has 0 spiro atoms. The van der Waals surface area contributed by atoms with Gasteiger partial charge in [-0.15, -0.1) is 0 Å². The van der Waals surface area contributed by atoms with Gasteiger partial charge in [-0.1, -0.05) is 0 Å². The number of fused-ring (bicyclic) bond motifs is 2. The van der Waals surface area contributed by atoms with Crippen molar-refractivity contribution in [1.29, 1.82) is 0 Å². The topological polar surface area (TPSA) is 106 Å². The number of piperazine rings is 1. The quantitative estimate of drug-likeness (QED) is 0.386. The van der Waals surface area contributed by atoms with Gasteiger partial charge in [0.15, 0.2) is 11.5 Å². The van der Waals surface area contributed by atoms with Gasteiger partial charge in [-0.2, -0.15) is 4.98 Å². The number of anilines is 2. The molecule has 0 bridgehead atoms. The fourth-order valence-electron chi connectivity index (χ4n) is 5.53. The van der Waals surface area contributed by atoms with E-state index >= 15 is 0 Å². The van der Waals surface area contributed by atoms with Gasteiger partial charge in [-0.25, -0.2) is 14.4 Å². The highest BCUT2D eigenvalue weighted by molar-refractivity contribution is 6.13. The molecule has 204 valence electrons. The molecule has 5 heterocycles. The SMILES string of the molecule is Cc1cn2cc(NC(=O)c3ccc(N4CC(C)NC(C)C4)c4cnc(OCC5CCCO5)nc34)cc(F)c2n1. The van der Waals surface area contributed by atoms with Gasteiger partial charge in [-0.05, 0) is 45.7 Å². The van der Waals surface area contributed by atoms with Crippen molar-refractivity contribution in [3.05, 3.63) is 53.9 Å². The van der Waals surface area contributed by atoms with E-state index in [4.69, 9.17) is 9.47 Å². The zero-order valence-corrected chi connectivity index (χ0v) is 22.3. The highest BCUT2D eigenvalue weighted by Crippen LogP contribution is 2.31. The zero-order valence-electron chi connectivity index (χ0n) is 22.3. The predicted molar refractivity (Wildman–Crippen MR) is 146 cm³/mol. The third kappa shape index (κ3) is 5.24. The molecule has 1 amide bonds. The molecule has 0 aliphatic carbocycles. The molecule has 10 nitrogen and oxygen atoms in total. The van der Waals surface area contributed by atoms with Crippen molar-refractivity contribution in [2.24, 2.45) is 0 Å². The van der Waals surface area contributed by atoms with Gasteiger partial charge in [0.05, 0.1) is 28.6 Å². The van der Waals surface area contributed by atoms with Crippen molar-refractivity contribution in [3.8, 4) is 6.01 Å². The van der Waals surface area contributed by atoms with Crippen molar-refractivity contribution >= 4 is 33.8 Å². The summed E-state index contributed by atoms with van der Waals surface area (Å²) >= 11 is 0. The van der Waals surface area contributed by atoms with Gasteiger partial charge in [0.1, 0.15) is 6.61 Å². The van der Waals surface area contributed by atoms with Crippen molar-refractivity contribution in [2.45, 2.75) is 51.8 Å². The summed E-state index contributed by atoms with van der Waals surface area (Å²) in [6.07, 6.45) is 7.02. The molecule has 39 heavy (non-hydrogen) atoms.